The van der Waals surface area contributed by atoms with Crippen LogP contribution in [0.4, 0.5) is 14.6 Å². The van der Waals surface area contributed by atoms with Crippen molar-refractivity contribution in [3.8, 4) is 11.5 Å². The molecule has 1 heterocycles. The summed E-state index contributed by atoms with van der Waals surface area (Å²) in [6.07, 6.45) is 1.58. The first-order valence-electron chi connectivity index (χ1n) is 8.17. The summed E-state index contributed by atoms with van der Waals surface area (Å²) >= 11 is 3.49. The summed E-state index contributed by atoms with van der Waals surface area (Å²) in [5.74, 6) is -0.0499. The third kappa shape index (κ3) is 4.66. The summed E-state index contributed by atoms with van der Waals surface area (Å²) in [7, 11) is 1.31. The van der Waals surface area contributed by atoms with Gasteiger partial charge in [-0.05, 0) is 29.8 Å². The minimum atomic E-state index is -2.99. The molecule has 6 nitrogen and oxygen atoms in total. The van der Waals surface area contributed by atoms with Gasteiger partial charge in [-0.3, -0.25) is 4.79 Å². The van der Waals surface area contributed by atoms with E-state index in [2.05, 4.69) is 31.1 Å². The molecule has 28 heavy (non-hydrogen) atoms. The monoisotopic (exact) mass is 451 g/mol. The number of nitrogens with zero attached hydrogens (tertiary/aromatic N) is 2. The lowest BCUT2D eigenvalue weighted by Crippen LogP contribution is -2.16. The highest BCUT2D eigenvalue weighted by Gasteiger charge is 2.16. The molecule has 3 rings (SSSR count). The molecule has 146 valence electrons. The Morgan fingerprint density at radius 2 is 2.00 bits per heavy atom. The number of hydrogen-bond acceptors (Lipinski definition) is 4. The molecule has 0 saturated heterocycles. The lowest BCUT2D eigenvalue weighted by Gasteiger charge is -2.12. The van der Waals surface area contributed by atoms with E-state index >= 15 is 0 Å². The van der Waals surface area contributed by atoms with E-state index in [0.29, 0.717) is 12.4 Å². The third-order valence-corrected chi connectivity index (χ3v) is 4.65. The van der Waals surface area contributed by atoms with Crippen LogP contribution in [0.15, 0.2) is 59.2 Å². The van der Waals surface area contributed by atoms with Crippen LogP contribution < -0.4 is 14.8 Å². The fraction of sp³-hybridized carbons (Fsp3) is 0.158. The van der Waals surface area contributed by atoms with Crippen molar-refractivity contribution >= 4 is 27.7 Å². The highest BCUT2D eigenvalue weighted by molar-refractivity contribution is 9.10. The standard InChI is InChI=1S/C19H16BrF2N3O3/c1-27-16-10-12(6-7-15(16)28-19(21)22)18(26)24-17-8-9-23-25(17)11-13-4-2-3-5-14(13)20/h2-10,19H,11H2,1H3,(H,24,26). The number of rotatable bonds is 7. The van der Waals surface area contributed by atoms with Crippen molar-refractivity contribution in [1.82, 2.24) is 9.78 Å². The lowest BCUT2D eigenvalue weighted by molar-refractivity contribution is -0.0512. The second-order valence-electron chi connectivity index (χ2n) is 5.66. The largest absolute Gasteiger partial charge is 0.493 e. The van der Waals surface area contributed by atoms with Crippen molar-refractivity contribution in [2.45, 2.75) is 13.2 Å². The predicted molar refractivity (Wildman–Crippen MR) is 103 cm³/mol. The van der Waals surface area contributed by atoms with Gasteiger partial charge in [0, 0.05) is 16.1 Å². The van der Waals surface area contributed by atoms with Crippen molar-refractivity contribution in [3.63, 3.8) is 0 Å². The summed E-state index contributed by atoms with van der Waals surface area (Å²) in [5, 5.41) is 6.99. The van der Waals surface area contributed by atoms with Gasteiger partial charge in [0.15, 0.2) is 11.5 Å². The second-order valence-corrected chi connectivity index (χ2v) is 6.52. The van der Waals surface area contributed by atoms with E-state index in [-0.39, 0.29) is 17.1 Å². The van der Waals surface area contributed by atoms with Crippen LogP contribution in [0.5, 0.6) is 11.5 Å². The van der Waals surface area contributed by atoms with Gasteiger partial charge in [-0.25, -0.2) is 4.68 Å². The van der Waals surface area contributed by atoms with Gasteiger partial charge >= 0.3 is 6.61 Å². The molecule has 0 saturated carbocycles. The van der Waals surface area contributed by atoms with Crippen LogP contribution in [0.2, 0.25) is 0 Å². The van der Waals surface area contributed by atoms with Gasteiger partial charge < -0.3 is 14.8 Å². The number of methoxy groups -OCH3 is 1. The van der Waals surface area contributed by atoms with E-state index in [1.54, 1.807) is 16.9 Å². The molecule has 2 aromatic carbocycles. The van der Waals surface area contributed by atoms with Gasteiger partial charge in [-0.2, -0.15) is 13.9 Å². The third-order valence-electron chi connectivity index (χ3n) is 3.88. The summed E-state index contributed by atoms with van der Waals surface area (Å²) in [6.45, 7) is -2.53. The molecule has 0 fully saturated rings. The Hall–Kier alpha value is -2.94. The maximum absolute atomic E-state index is 12.6. The zero-order valence-electron chi connectivity index (χ0n) is 14.7. The maximum Gasteiger partial charge on any atom is 0.387 e. The van der Waals surface area contributed by atoms with Crippen molar-refractivity contribution in [2.75, 3.05) is 12.4 Å². The smallest absolute Gasteiger partial charge is 0.387 e. The van der Waals surface area contributed by atoms with Crippen molar-refractivity contribution in [1.29, 1.82) is 0 Å². The van der Waals surface area contributed by atoms with Crippen LogP contribution in [-0.2, 0) is 6.54 Å². The normalized spacial score (nSPS) is 10.8. The minimum Gasteiger partial charge on any atom is -0.493 e. The second kappa shape index (κ2) is 8.83. The highest BCUT2D eigenvalue weighted by atomic mass is 79.9. The van der Waals surface area contributed by atoms with Gasteiger partial charge in [0.05, 0.1) is 19.9 Å². The molecule has 0 spiro atoms. The topological polar surface area (TPSA) is 65.4 Å². The molecule has 0 atom stereocenters. The molecular weight excluding hydrogens is 436 g/mol. The van der Waals surface area contributed by atoms with Crippen LogP contribution in [0, 0.1) is 0 Å². The highest BCUT2D eigenvalue weighted by Crippen LogP contribution is 2.29. The number of carbonyl (C=O) groups is 1. The SMILES string of the molecule is COc1cc(C(=O)Nc2ccnn2Cc2ccccc2Br)ccc1OC(F)F. The van der Waals surface area contributed by atoms with Gasteiger partial charge in [-0.1, -0.05) is 34.1 Å². The number of aromatic nitrogens is 2. The van der Waals surface area contributed by atoms with Crippen LogP contribution in [0.3, 0.4) is 0 Å². The summed E-state index contributed by atoms with van der Waals surface area (Å²) in [6, 6.07) is 13.3. The Bertz CT molecular complexity index is 979. The zero-order chi connectivity index (χ0) is 20.1. The lowest BCUT2D eigenvalue weighted by atomic mass is 10.2. The fourth-order valence-electron chi connectivity index (χ4n) is 2.54. The number of hydrogen-bond donors (Lipinski definition) is 1. The Morgan fingerprint density at radius 1 is 1.21 bits per heavy atom. The molecular formula is C19H16BrF2N3O3. The molecule has 0 radical (unpaired) electrons. The van der Waals surface area contributed by atoms with Gasteiger partial charge in [0.1, 0.15) is 5.82 Å². The van der Waals surface area contributed by atoms with Crippen molar-refractivity contribution in [3.05, 3.63) is 70.3 Å². The van der Waals surface area contributed by atoms with Gasteiger partial charge in [-0.15, -0.1) is 0 Å². The Morgan fingerprint density at radius 3 is 2.71 bits per heavy atom. The first kappa shape index (κ1) is 19.8. The Balaban J connectivity index is 1.77. The van der Waals surface area contributed by atoms with Crippen LogP contribution in [-0.4, -0.2) is 29.4 Å². The van der Waals surface area contributed by atoms with Crippen molar-refractivity contribution in [2.24, 2.45) is 0 Å². The molecule has 0 bridgehead atoms. The number of anilines is 1. The molecule has 1 aromatic heterocycles. The van der Waals surface area contributed by atoms with E-state index in [4.69, 9.17) is 4.74 Å². The quantitative estimate of drug-likeness (QED) is 0.571. The number of benzene rings is 2. The van der Waals surface area contributed by atoms with E-state index in [9.17, 15) is 13.6 Å². The van der Waals surface area contributed by atoms with Crippen LogP contribution in [0.25, 0.3) is 0 Å². The molecule has 0 aliphatic carbocycles. The molecule has 0 aliphatic rings. The summed E-state index contributed by atoms with van der Waals surface area (Å²) in [5.41, 5.74) is 1.23. The summed E-state index contributed by atoms with van der Waals surface area (Å²) in [4.78, 5) is 12.6. The number of nitrogens with one attached hydrogen (secondary N) is 1. The Labute approximate surface area is 168 Å². The molecule has 3 aromatic rings. The van der Waals surface area contributed by atoms with E-state index < -0.39 is 12.5 Å². The molecule has 0 unspecified atom stereocenters. The minimum absolute atomic E-state index is 0.0367. The molecule has 9 heteroatoms. The summed E-state index contributed by atoms with van der Waals surface area (Å²) < 4.78 is 36.8. The fourth-order valence-corrected chi connectivity index (χ4v) is 2.95. The number of alkyl halides is 2. The number of ether oxygens (including phenoxy) is 2. The van der Waals surface area contributed by atoms with Crippen LogP contribution >= 0.6 is 15.9 Å². The maximum atomic E-state index is 12.6. The predicted octanol–water partition coefficient (Wildman–Crippen LogP) is 4.56. The van der Waals surface area contributed by atoms with E-state index in [1.165, 1.54) is 25.3 Å². The van der Waals surface area contributed by atoms with Gasteiger partial charge in [0.2, 0.25) is 0 Å². The first-order chi connectivity index (χ1) is 13.5. The van der Waals surface area contributed by atoms with Crippen molar-refractivity contribution < 1.29 is 23.0 Å². The molecule has 1 N–H and O–H groups in total. The molecule has 0 aliphatic heterocycles. The Kier molecular flexibility index (Phi) is 6.25. The first-order valence-corrected chi connectivity index (χ1v) is 8.96. The van der Waals surface area contributed by atoms with E-state index in [1.807, 2.05) is 24.3 Å². The number of carbonyl (C=O) groups excluding carboxylic acids is 1. The van der Waals surface area contributed by atoms with Crippen LogP contribution in [0.1, 0.15) is 15.9 Å². The number of halogens is 3. The zero-order valence-corrected chi connectivity index (χ0v) is 16.3. The molecule has 1 amide bonds. The average Bonchev–Trinajstić information content (AvgIpc) is 3.10. The number of amides is 1. The van der Waals surface area contributed by atoms with Gasteiger partial charge in [0.25, 0.3) is 5.91 Å². The van der Waals surface area contributed by atoms with E-state index in [0.717, 1.165) is 10.0 Å². The average molecular weight is 452 g/mol.